The van der Waals surface area contributed by atoms with Gasteiger partial charge < -0.3 is 14.9 Å². The lowest BCUT2D eigenvalue weighted by molar-refractivity contribution is 0.593. The molecule has 7 heteroatoms. The van der Waals surface area contributed by atoms with Gasteiger partial charge in [0.2, 0.25) is 0 Å². The lowest BCUT2D eigenvalue weighted by Gasteiger charge is -2.31. The number of aromatic nitrogens is 4. The van der Waals surface area contributed by atoms with Crippen LogP contribution >= 0.6 is 11.6 Å². The van der Waals surface area contributed by atoms with E-state index >= 15 is 0 Å². The van der Waals surface area contributed by atoms with E-state index in [9.17, 15) is 4.79 Å². The summed E-state index contributed by atoms with van der Waals surface area (Å²) in [5, 5.41) is 1.58. The zero-order valence-corrected chi connectivity index (χ0v) is 21.6. The van der Waals surface area contributed by atoms with Gasteiger partial charge in [0.05, 0.1) is 23.7 Å². The first-order valence-electron chi connectivity index (χ1n) is 12.5. The Labute approximate surface area is 220 Å². The van der Waals surface area contributed by atoms with E-state index < -0.39 is 5.54 Å². The van der Waals surface area contributed by atoms with E-state index in [1.54, 1.807) is 18.6 Å². The van der Waals surface area contributed by atoms with Crippen molar-refractivity contribution in [2.24, 2.45) is 18.7 Å². The average molecular weight is 510 g/mol. The maximum absolute atomic E-state index is 13.3. The molecule has 6 nitrogen and oxygen atoms in total. The Balaban J connectivity index is 1.65. The van der Waals surface area contributed by atoms with Crippen LogP contribution in [0.2, 0.25) is 5.02 Å². The Kier molecular flexibility index (Phi) is 5.74. The van der Waals surface area contributed by atoms with Crippen molar-refractivity contribution in [3.63, 3.8) is 0 Å². The van der Waals surface area contributed by atoms with E-state index in [0.717, 1.165) is 63.9 Å². The highest BCUT2D eigenvalue weighted by Crippen LogP contribution is 2.38. The van der Waals surface area contributed by atoms with Crippen molar-refractivity contribution in [2.45, 2.75) is 31.8 Å². The number of pyridine rings is 2. The van der Waals surface area contributed by atoms with Gasteiger partial charge in [0.15, 0.2) is 0 Å². The molecule has 0 aliphatic heterocycles. The van der Waals surface area contributed by atoms with Crippen molar-refractivity contribution < 1.29 is 0 Å². The monoisotopic (exact) mass is 509 g/mol. The number of halogens is 1. The van der Waals surface area contributed by atoms with Crippen LogP contribution in [0.25, 0.3) is 22.0 Å². The minimum atomic E-state index is -1.01. The predicted molar refractivity (Wildman–Crippen MR) is 148 cm³/mol. The fourth-order valence-corrected chi connectivity index (χ4v) is 5.36. The summed E-state index contributed by atoms with van der Waals surface area (Å²) in [6.07, 6.45) is 7.71. The molecule has 0 amide bonds. The Hall–Kier alpha value is -3.74. The summed E-state index contributed by atoms with van der Waals surface area (Å²) in [6.45, 7) is 2.68. The molecular weight excluding hydrogens is 482 g/mol. The van der Waals surface area contributed by atoms with E-state index in [1.165, 1.54) is 0 Å². The number of nitrogens with zero attached hydrogens (tertiary/aromatic N) is 4. The van der Waals surface area contributed by atoms with Crippen molar-refractivity contribution in [3.05, 3.63) is 117 Å². The van der Waals surface area contributed by atoms with Crippen LogP contribution < -0.4 is 11.3 Å². The third-order valence-electron chi connectivity index (χ3n) is 7.43. The molecule has 0 bridgehead atoms. The highest BCUT2D eigenvalue weighted by molar-refractivity contribution is 6.30. The second kappa shape index (κ2) is 8.98. The summed E-state index contributed by atoms with van der Waals surface area (Å²) in [6, 6.07) is 19.5. The van der Waals surface area contributed by atoms with Gasteiger partial charge in [0, 0.05) is 47.5 Å². The van der Waals surface area contributed by atoms with Crippen LogP contribution in [0.1, 0.15) is 35.4 Å². The Morgan fingerprint density at radius 1 is 1.05 bits per heavy atom. The van der Waals surface area contributed by atoms with Crippen molar-refractivity contribution >= 4 is 22.5 Å². The topological polar surface area (TPSA) is 78.7 Å². The maximum Gasteiger partial charge on any atom is 0.251 e. The number of rotatable bonds is 6. The Bertz CT molecular complexity index is 1680. The molecule has 0 spiro atoms. The molecule has 0 saturated heterocycles. The number of aryl methyl sites for hydroxylation is 2. The SMILES string of the molecule is Cc1ccc(C(N)(c2ccc3c(c2)c(-c2cccc(Cl)c2)cc(=O)n3CC2CC2)c2cncn2C)cn1. The van der Waals surface area contributed by atoms with Gasteiger partial charge in [-0.25, -0.2) is 4.98 Å². The average Bonchev–Trinajstić information content (AvgIpc) is 3.62. The molecule has 1 aliphatic carbocycles. The molecule has 186 valence electrons. The van der Waals surface area contributed by atoms with Gasteiger partial charge in [-0.3, -0.25) is 9.78 Å². The van der Waals surface area contributed by atoms with E-state index in [4.69, 9.17) is 17.3 Å². The van der Waals surface area contributed by atoms with Crippen LogP contribution in [0.3, 0.4) is 0 Å². The number of nitrogens with two attached hydrogens (primary N) is 1. The molecule has 1 aliphatic rings. The van der Waals surface area contributed by atoms with Crippen LogP contribution in [0.5, 0.6) is 0 Å². The summed E-state index contributed by atoms with van der Waals surface area (Å²) < 4.78 is 3.84. The van der Waals surface area contributed by atoms with Crippen LogP contribution in [0.15, 0.2) is 84.2 Å². The van der Waals surface area contributed by atoms with Gasteiger partial charge in [-0.05, 0) is 72.7 Å². The first kappa shape index (κ1) is 23.6. The summed E-state index contributed by atoms with van der Waals surface area (Å²) >= 11 is 6.36. The van der Waals surface area contributed by atoms with Crippen molar-refractivity contribution in [2.75, 3.05) is 0 Å². The number of hydrogen-bond donors (Lipinski definition) is 1. The van der Waals surface area contributed by atoms with Crippen LogP contribution in [-0.2, 0) is 19.1 Å². The number of benzene rings is 2. The molecule has 5 aromatic rings. The van der Waals surface area contributed by atoms with Crippen LogP contribution in [0, 0.1) is 12.8 Å². The molecule has 3 aromatic heterocycles. The third kappa shape index (κ3) is 4.16. The summed E-state index contributed by atoms with van der Waals surface area (Å²) in [4.78, 5) is 22.2. The number of fused-ring (bicyclic) bond motifs is 1. The van der Waals surface area contributed by atoms with Gasteiger partial charge in [0.25, 0.3) is 5.56 Å². The van der Waals surface area contributed by atoms with Gasteiger partial charge in [-0.15, -0.1) is 0 Å². The summed E-state index contributed by atoms with van der Waals surface area (Å²) in [5.74, 6) is 0.555. The fourth-order valence-electron chi connectivity index (χ4n) is 5.17. The quantitative estimate of drug-likeness (QED) is 0.331. The van der Waals surface area contributed by atoms with Gasteiger partial charge in [-0.1, -0.05) is 35.9 Å². The minimum Gasteiger partial charge on any atom is -0.336 e. The largest absolute Gasteiger partial charge is 0.336 e. The standard InChI is InChI=1S/C30H28ClN5O/c1-19-6-9-23(15-34-19)30(32,28-16-33-18-35(28)2)22-10-11-27-26(13-22)25(21-4-3-5-24(31)12-21)14-29(37)36(27)17-20-7-8-20/h3-6,9-16,18,20H,7-8,17,32H2,1-2H3. The smallest absolute Gasteiger partial charge is 0.251 e. The Morgan fingerprint density at radius 2 is 1.86 bits per heavy atom. The molecular formula is C30H28ClN5O. The second-order valence-electron chi connectivity index (χ2n) is 10.1. The fraction of sp³-hybridized carbons (Fsp3) is 0.233. The Morgan fingerprint density at radius 3 is 2.54 bits per heavy atom. The van der Waals surface area contributed by atoms with E-state index in [1.807, 2.05) is 77.8 Å². The lowest BCUT2D eigenvalue weighted by Crippen LogP contribution is -2.41. The lowest BCUT2D eigenvalue weighted by atomic mass is 9.80. The zero-order valence-electron chi connectivity index (χ0n) is 20.9. The van der Waals surface area contributed by atoms with E-state index in [0.29, 0.717) is 10.9 Å². The number of hydrogen-bond acceptors (Lipinski definition) is 4. The van der Waals surface area contributed by atoms with Crippen molar-refractivity contribution in [1.82, 2.24) is 19.1 Å². The first-order chi connectivity index (χ1) is 17.8. The molecule has 1 atom stereocenters. The van der Waals surface area contributed by atoms with Gasteiger partial charge >= 0.3 is 0 Å². The molecule has 37 heavy (non-hydrogen) atoms. The molecule has 6 rings (SSSR count). The van der Waals surface area contributed by atoms with Crippen molar-refractivity contribution in [3.8, 4) is 11.1 Å². The number of imidazole rings is 1. The second-order valence-corrected chi connectivity index (χ2v) is 10.5. The molecule has 1 saturated carbocycles. The molecule has 2 N–H and O–H groups in total. The predicted octanol–water partition coefficient (Wildman–Crippen LogP) is 5.42. The normalized spacial score (nSPS) is 15.1. The molecule has 2 aromatic carbocycles. The minimum absolute atomic E-state index is 0.00416. The summed E-state index contributed by atoms with van der Waals surface area (Å²) in [7, 11) is 1.94. The highest BCUT2D eigenvalue weighted by Gasteiger charge is 2.35. The van der Waals surface area contributed by atoms with Gasteiger partial charge in [0.1, 0.15) is 5.54 Å². The molecule has 3 heterocycles. The van der Waals surface area contributed by atoms with E-state index in [-0.39, 0.29) is 5.56 Å². The maximum atomic E-state index is 13.3. The summed E-state index contributed by atoms with van der Waals surface area (Å²) in [5.41, 5.74) is 12.4. The van der Waals surface area contributed by atoms with Gasteiger partial charge in [-0.2, -0.15) is 0 Å². The van der Waals surface area contributed by atoms with Crippen LogP contribution in [0.4, 0.5) is 0 Å². The van der Waals surface area contributed by atoms with Crippen LogP contribution in [-0.4, -0.2) is 19.1 Å². The van der Waals surface area contributed by atoms with Crippen molar-refractivity contribution in [1.29, 1.82) is 0 Å². The molecule has 0 radical (unpaired) electrons. The molecule has 1 unspecified atom stereocenters. The third-order valence-corrected chi connectivity index (χ3v) is 7.66. The highest BCUT2D eigenvalue weighted by atomic mass is 35.5. The zero-order chi connectivity index (χ0) is 25.7. The first-order valence-corrected chi connectivity index (χ1v) is 12.8. The van der Waals surface area contributed by atoms with E-state index in [2.05, 4.69) is 16.0 Å². The molecule has 1 fully saturated rings.